The van der Waals surface area contributed by atoms with Gasteiger partial charge in [-0.15, -0.1) is 11.8 Å². The van der Waals surface area contributed by atoms with Crippen molar-refractivity contribution in [1.29, 1.82) is 0 Å². The number of thioether (sulfide) groups is 1. The number of nitrogens with zero attached hydrogens (tertiary/aromatic N) is 1. The van der Waals surface area contributed by atoms with Crippen LogP contribution in [0.4, 0.5) is 5.69 Å². The Balaban J connectivity index is 2.94. The zero-order valence-electron chi connectivity index (χ0n) is 8.91. The summed E-state index contributed by atoms with van der Waals surface area (Å²) in [6, 6.07) is 4.07. The Bertz CT molecular complexity index is 460. The minimum absolute atomic E-state index is 0.0161. The first-order valence-corrected chi connectivity index (χ1v) is 5.50. The number of esters is 1. The number of hydrogen-bond donors (Lipinski definition) is 0. The molecule has 0 amide bonds. The van der Waals surface area contributed by atoms with E-state index in [0.29, 0.717) is 11.2 Å². The fourth-order valence-corrected chi connectivity index (χ4v) is 1.90. The van der Waals surface area contributed by atoms with Crippen LogP contribution in [0.15, 0.2) is 23.1 Å². The summed E-state index contributed by atoms with van der Waals surface area (Å²) < 4.78 is 4.43. The van der Waals surface area contributed by atoms with Crippen molar-refractivity contribution < 1.29 is 19.2 Å². The Hall–Kier alpha value is -1.89. The highest BCUT2D eigenvalue weighted by Crippen LogP contribution is 2.29. The van der Waals surface area contributed by atoms with E-state index in [9.17, 15) is 19.7 Å². The molecule has 0 spiro atoms. The zero-order chi connectivity index (χ0) is 12.8. The quantitative estimate of drug-likeness (QED) is 0.261. The predicted octanol–water partition coefficient (Wildman–Crippen LogP) is 1.67. The molecule has 0 aliphatic carbocycles. The molecule has 0 radical (unpaired) electrons. The van der Waals surface area contributed by atoms with Crippen LogP contribution in [0.2, 0.25) is 0 Å². The lowest BCUT2D eigenvalue weighted by Crippen LogP contribution is -2.03. The standard InChI is InChI=1S/C10H9NO5S/c1-16-10(13)6-17-9-3-2-7(5-12)4-8(9)11(14)15/h2-5H,6H2,1H3. The first-order chi connectivity index (χ1) is 8.08. The molecule has 0 aliphatic rings. The van der Waals surface area contributed by atoms with Gasteiger partial charge in [0.25, 0.3) is 5.69 Å². The molecule has 0 saturated heterocycles. The monoisotopic (exact) mass is 255 g/mol. The Morgan fingerprint density at radius 3 is 2.82 bits per heavy atom. The lowest BCUT2D eigenvalue weighted by atomic mass is 10.2. The molecule has 17 heavy (non-hydrogen) atoms. The fourth-order valence-electron chi connectivity index (χ4n) is 1.07. The van der Waals surface area contributed by atoms with E-state index in [-0.39, 0.29) is 17.0 Å². The van der Waals surface area contributed by atoms with Gasteiger partial charge in [-0.1, -0.05) is 6.07 Å². The maximum Gasteiger partial charge on any atom is 0.315 e. The van der Waals surface area contributed by atoms with Crippen LogP contribution in [0.5, 0.6) is 0 Å². The Labute approximate surface area is 101 Å². The third-order valence-electron chi connectivity index (χ3n) is 1.89. The van der Waals surface area contributed by atoms with Crippen LogP contribution in [-0.2, 0) is 9.53 Å². The molecule has 1 aromatic rings. The van der Waals surface area contributed by atoms with Crippen LogP contribution in [0, 0.1) is 10.1 Å². The van der Waals surface area contributed by atoms with Crippen molar-refractivity contribution in [3.63, 3.8) is 0 Å². The first kappa shape index (κ1) is 13.2. The molecular formula is C10H9NO5S. The number of methoxy groups -OCH3 is 1. The van der Waals surface area contributed by atoms with Crippen molar-refractivity contribution in [3.8, 4) is 0 Å². The van der Waals surface area contributed by atoms with Gasteiger partial charge in [0.05, 0.1) is 22.7 Å². The number of ether oxygens (including phenoxy) is 1. The van der Waals surface area contributed by atoms with E-state index in [1.54, 1.807) is 0 Å². The third kappa shape index (κ3) is 3.56. The molecule has 7 heteroatoms. The lowest BCUT2D eigenvalue weighted by molar-refractivity contribution is -0.387. The van der Waals surface area contributed by atoms with Gasteiger partial charge in [0.2, 0.25) is 0 Å². The SMILES string of the molecule is COC(=O)CSc1ccc(C=O)cc1[N+](=O)[O-]. The second-order valence-corrected chi connectivity index (χ2v) is 3.98. The van der Waals surface area contributed by atoms with Gasteiger partial charge >= 0.3 is 5.97 Å². The molecule has 1 rings (SSSR count). The molecule has 0 fully saturated rings. The molecule has 0 aliphatic heterocycles. The molecule has 0 saturated carbocycles. The molecule has 90 valence electrons. The van der Waals surface area contributed by atoms with Crippen LogP contribution >= 0.6 is 11.8 Å². The van der Waals surface area contributed by atoms with E-state index >= 15 is 0 Å². The van der Waals surface area contributed by atoms with Crippen LogP contribution in [0.1, 0.15) is 10.4 Å². The number of carbonyl (C=O) groups is 2. The normalized spacial score (nSPS) is 9.71. The molecule has 0 unspecified atom stereocenters. The molecule has 6 nitrogen and oxygen atoms in total. The van der Waals surface area contributed by atoms with Gasteiger partial charge in [-0.05, 0) is 6.07 Å². The number of benzene rings is 1. The van der Waals surface area contributed by atoms with Crippen molar-refractivity contribution in [2.24, 2.45) is 0 Å². The summed E-state index contributed by atoms with van der Waals surface area (Å²) >= 11 is 0.995. The van der Waals surface area contributed by atoms with Crippen LogP contribution in [-0.4, -0.2) is 30.0 Å². The second-order valence-electron chi connectivity index (χ2n) is 2.97. The highest BCUT2D eigenvalue weighted by Gasteiger charge is 2.16. The van der Waals surface area contributed by atoms with Gasteiger partial charge in [-0.3, -0.25) is 19.7 Å². The van der Waals surface area contributed by atoms with Gasteiger partial charge in [0.15, 0.2) is 0 Å². The van der Waals surface area contributed by atoms with E-state index in [0.717, 1.165) is 11.8 Å². The molecule has 0 heterocycles. The summed E-state index contributed by atoms with van der Waals surface area (Å²) in [6.07, 6.45) is 0.530. The van der Waals surface area contributed by atoms with Gasteiger partial charge in [-0.25, -0.2) is 0 Å². The Kier molecular flexibility index (Phi) is 4.65. The topological polar surface area (TPSA) is 86.5 Å². The maximum absolute atomic E-state index is 10.9. The number of aldehydes is 1. The van der Waals surface area contributed by atoms with E-state index in [1.807, 2.05) is 0 Å². The minimum Gasteiger partial charge on any atom is -0.468 e. The van der Waals surface area contributed by atoms with Crippen molar-refractivity contribution >= 4 is 29.7 Å². The van der Waals surface area contributed by atoms with Gasteiger partial charge in [0, 0.05) is 11.6 Å². The molecular weight excluding hydrogens is 246 g/mol. The molecule has 0 bridgehead atoms. The zero-order valence-corrected chi connectivity index (χ0v) is 9.73. The third-order valence-corrected chi connectivity index (χ3v) is 2.93. The van der Waals surface area contributed by atoms with E-state index in [2.05, 4.69) is 4.74 Å². The highest BCUT2D eigenvalue weighted by atomic mass is 32.2. The minimum atomic E-state index is -0.591. The molecule has 0 aromatic heterocycles. The number of hydrogen-bond acceptors (Lipinski definition) is 6. The number of nitro groups is 1. The highest BCUT2D eigenvalue weighted by molar-refractivity contribution is 8.00. The summed E-state index contributed by atoms with van der Waals surface area (Å²) in [4.78, 5) is 31.9. The molecule has 0 atom stereocenters. The number of carbonyl (C=O) groups excluding carboxylic acids is 2. The van der Waals surface area contributed by atoms with Crippen LogP contribution in [0.25, 0.3) is 0 Å². The fraction of sp³-hybridized carbons (Fsp3) is 0.200. The maximum atomic E-state index is 10.9. The summed E-state index contributed by atoms with van der Waals surface area (Å²) in [5.41, 5.74) is 0.0302. The van der Waals surface area contributed by atoms with Gasteiger partial charge in [-0.2, -0.15) is 0 Å². The Morgan fingerprint density at radius 1 is 1.59 bits per heavy atom. The lowest BCUT2D eigenvalue weighted by Gasteiger charge is -2.02. The van der Waals surface area contributed by atoms with Crippen LogP contribution < -0.4 is 0 Å². The number of nitro benzene ring substituents is 1. The largest absolute Gasteiger partial charge is 0.468 e. The second kappa shape index (κ2) is 6.00. The van der Waals surface area contributed by atoms with Gasteiger partial charge < -0.3 is 4.74 Å². The molecule has 1 aromatic carbocycles. The Morgan fingerprint density at radius 2 is 2.29 bits per heavy atom. The van der Waals surface area contributed by atoms with Crippen molar-refractivity contribution in [2.75, 3.05) is 12.9 Å². The van der Waals surface area contributed by atoms with E-state index in [1.165, 1.54) is 25.3 Å². The average molecular weight is 255 g/mol. The first-order valence-electron chi connectivity index (χ1n) is 4.51. The molecule has 0 N–H and O–H groups in total. The number of rotatable bonds is 5. The predicted molar refractivity (Wildman–Crippen MR) is 61.2 cm³/mol. The van der Waals surface area contributed by atoms with Crippen molar-refractivity contribution in [3.05, 3.63) is 33.9 Å². The summed E-state index contributed by atoms with van der Waals surface area (Å²) in [5.74, 6) is -0.485. The van der Waals surface area contributed by atoms with Gasteiger partial charge in [0.1, 0.15) is 6.29 Å². The van der Waals surface area contributed by atoms with Crippen molar-refractivity contribution in [2.45, 2.75) is 4.90 Å². The average Bonchev–Trinajstić information content (AvgIpc) is 2.35. The van der Waals surface area contributed by atoms with E-state index in [4.69, 9.17) is 0 Å². The van der Waals surface area contributed by atoms with Crippen molar-refractivity contribution in [1.82, 2.24) is 0 Å². The van der Waals surface area contributed by atoms with E-state index < -0.39 is 10.9 Å². The summed E-state index contributed by atoms with van der Waals surface area (Å²) in [7, 11) is 1.24. The smallest absolute Gasteiger partial charge is 0.315 e. The summed E-state index contributed by atoms with van der Waals surface area (Å²) in [6.45, 7) is 0. The summed E-state index contributed by atoms with van der Waals surface area (Å²) in [5, 5.41) is 10.8. The van der Waals surface area contributed by atoms with Crippen LogP contribution in [0.3, 0.4) is 0 Å².